The van der Waals surface area contributed by atoms with Gasteiger partial charge in [0.05, 0.1) is 18.9 Å². The summed E-state index contributed by atoms with van der Waals surface area (Å²) >= 11 is 0. The number of rotatable bonds is 2. The minimum absolute atomic E-state index is 0.186. The third kappa shape index (κ3) is 2.27. The number of ether oxygens (including phenoxy) is 1. The molecule has 1 aromatic rings. The Kier molecular flexibility index (Phi) is 3.18. The first-order chi connectivity index (χ1) is 7.31. The Balaban J connectivity index is 2.24. The van der Waals surface area contributed by atoms with E-state index in [9.17, 15) is 4.39 Å². The summed E-state index contributed by atoms with van der Waals surface area (Å²) in [5.41, 5.74) is 7.13. The average Bonchev–Trinajstić information content (AvgIpc) is 2.31. The highest BCUT2D eigenvalue weighted by Crippen LogP contribution is 2.21. The first-order valence-electron chi connectivity index (χ1n) is 5.12. The molecule has 3 nitrogen and oxygen atoms in total. The van der Waals surface area contributed by atoms with Gasteiger partial charge in [-0.15, -0.1) is 0 Å². The lowest BCUT2D eigenvalue weighted by molar-refractivity contribution is 0.122. The quantitative estimate of drug-likeness (QED) is 0.795. The largest absolute Gasteiger partial charge is 0.378 e. The Morgan fingerprint density at radius 3 is 2.73 bits per heavy atom. The molecule has 0 atom stereocenters. The standard InChI is InChI=1S/C11H15FN2O/c12-10-2-1-9(8-13)7-11(10)14-3-5-15-6-4-14/h1-2,7H,3-6,8,13H2. The van der Waals surface area contributed by atoms with Crippen LogP contribution in [0.15, 0.2) is 18.2 Å². The van der Waals surface area contributed by atoms with Crippen molar-refractivity contribution in [3.05, 3.63) is 29.6 Å². The van der Waals surface area contributed by atoms with Crippen LogP contribution in [0.1, 0.15) is 5.56 Å². The molecule has 0 bridgehead atoms. The number of morpholine rings is 1. The molecule has 2 rings (SSSR count). The first-order valence-corrected chi connectivity index (χ1v) is 5.12. The van der Waals surface area contributed by atoms with Crippen molar-refractivity contribution in [2.24, 2.45) is 5.73 Å². The van der Waals surface area contributed by atoms with Crippen molar-refractivity contribution in [3.8, 4) is 0 Å². The molecule has 1 aliphatic rings. The minimum atomic E-state index is -0.186. The second-order valence-corrected chi connectivity index (χ2v) is 3.59. The molecule has 1 saturated heterocycles. The first kappa shape index (κ1) is 10.4. The number of hydrogen-bond donors (Lipinski definition) is 1. The van der Waals surface area contributed by atoms with Gasteiger partial charge in [0, 0.05) is 19.6 Å². The Labute approximate surface area is 88.6 Å². The van der Waals surface area contributed by atoms with E-state index in [1.807, 2.05) is 11.0 Å². The molecule has 1 fully saturated rings. The van der Waals surface area contributed by atoms with Crippen LogP contribution in [0, 0.1) is 5.82 Å². The molecule has 4 heteroatoms. The van der Waals surface area contributed by atoms with Gasteiger partial charge in [-0.05, 0) is 17.7 Å². The summed E-state index contributed by atoms with van der Waals surface area (Å²) in [6.45, 7) is 3.24. The van der Waals surface area contributed by atoms with Crippen LogP contribution in [0.5, 0.6) is 0 Å². The maximum atomic E-state index is 13.6. The summed E-state index contributed by atoms with van der Waals surface area (Å²) in [5, 5.41) is 0. The third-order valence-corrected chi connectivity index (χ3v) is 2.60. The van der Waals surface area contributed by atoms with Gasteiger partial charge in [-0.2, -0.15) is 0 Å². The number of halogens is 1. The van der Waals surface area contributed by atoms with Gasteiger partial charge in [0.1, 0.15) is 5.82 Å². The Morgan fingerprint density at radius 2 is 2.07 bits per heavy atom. The molecule has 1 aliphatic heterocycles. The van der Waals surface area contributed by atoms with Gasteiger partial charge in [0.15, 0.2) is 0 Å². The zero-order valence-corrected chi connectivity index (χ0v) is 8.58. The lowest BCUT2D eigenvalue weighted by Crippen LogP contribution is -2.36. The van der Waals surface area contributed by atoms with Crippen LogP contribution in [0.4, 0.5) is 10.1 Å². The second-order valence-electron chi connectivity index (χ2n) is 3.59. The summed E-state index contributed by atoms with van der Waals surface area (Å²) < 4.78 is 18.8. The Morgan fingerprint density at radius 1 is 1.33 bits per heavy atom. The molecule has 0 unspecified atom stereocenters. The van der Waals surface area contributed by atoms with E-state index in [4.69, 9.17) is 10.5 Å². The number of anilines is 1. The Hall–Kier alpha value is -1.13. The Bertz CT molecular complexity index is 337. The molecular weight excluding hydrogens is 195 g/mol. The summed E-state index contributed by atoms with van der Waals surface area (Å²) in [6.07, 6.45) is 0. The van der Waals surface area contributed by atoms with E-state index in [0.717, 1.165) is 18.7 Å². The van der Waals surface area contributed by atoms with Crippen molar-refractivity contribution in [3.63, 3.8) is 0 Å². The van der Waals surface area contributed by atoms with Crippen LogP contribution in [0.2, 0.25) is 0 Å². The number of hydrogen-bond acceptors (Lipinski definition) is 3. The fourth-order valence-electron chi connectivity index (χ4n) is 1.73. The van der Waals surface area contributed by atoms with Crippen LogP contribution >= 0.6 is 0 Å². The van der Waals surface area contributed by atoms with E-state index in [0.29, 0.717) is 25.4 Å². The predicted molar refractivity (Wildman–Crippen MR) is 57.3 cm³/mol. The van der Waals surface area contributed by atoms with E-state index in [2.05, 4.69) is 0 Å². The van der Waals surface area contributed by atoms with Crippen molar-refractivity contribution in [1.82, 2.24) is 0 Å². The summed E-state index contributed by atoms with van der Waals surface area (Å²) in [4.78, 5) is 2.00. The van der Waals surface area contributed by atoms with Crippen molar-refractivity contribution in [2.75, 3.05) is 31.2 Å². The number of nitrogens with zero attached hydrogens (tertiary/aromatic N) is 1. The molecule has 0 spiro atoms. The molecular formula is C11H15FN2O. The highest BCUT2D eigenvalue weighted by molar-refractivity contribution is 5.50. The molecule has 82 valence electrons. The van der Waals surface area contributed by atoms with Gasteiger partial charge < -0.3 is 15.4 Å². The van der Waals surface area contributed by atoms with E-state index in [1.54, 1.807) is 6.07 Å². The van der Waals surface area contributed by atoms with Gasteiger partial charge >= 0.3 is 0 Å². The van der Waals surface area contributed by atoms with E-state index in [-0.39, 0.29) is 5.82 Å². The van der Waals surface area contributed by atoms with Crippen molar-refractivity contribution >= 4 is 5.69 Å². The summed E-state index contributed by atoms with van der Waals surface area (Å²) in [5.74, 6) is -0.186. The van der Waals surface area contributed by atoms with Gasteiger partial charge in [-0.3, -0.25) is 0 Å². The topological polar surface area (TPSA) is 38.5 Å². The third-order valence-electron chi connectivity index (χ3n) is 2.60. The normalized spacial score (nSPS) is 16.8. The smallest absolute Gasteiger partial charge is 0.146 e. The van der Waals surface area contributed by atoms with Crippen LogP contribution in [-0.4, -0.2) is 26.3 Å². The van der Waals surface area contributed by atoms with Gasteiger partial charge in [0.25, 0.3) is 0 Å². The van der Waals surface area contributed by atoms with Crippen molar-refractivity contribution in [1.29, 1.82) is 0 Å². The van der Waals surface area contributed by atoms with Gasteiger partial charge in [-0.25, -0.2) is 4.39 Å². The molecule has 2 N–H and O–H groups in total. The monoisotopic (exact) mass is 210 g/mol. The lowest BCUT2D eigenvalue weighted by Gasteiger charge is -2.29. The molecule has 0 radical (unpaired) electrons. The minimum Gasteiger partial charge on any atom is -0.378 e. The highest BCUT2D eigenvalue weighted by atomic mass is 19.1. The van der Waals surface area contributed by atoms with Crippen LogP contribution < -0.4 is 10.6 Å². The fourth-order valence-corrected chi connectivity index (χ4v) is 1.73. The van der Waals surface area contributed by atoms with Gasteiger partial charge in [0.2, 0.25) is 0 Å². The highest BCUT2D eigenvalue weighted by Gasteiger charge is 2.15. The molecule has 0 amide bonds. The molecule has 15 heavy (non-hydrogen) atoms. The zero-order valence-electron chi connectivity index (χ0n) is 8.58. The maximum absolute atomic E-state index is 13.6. The van der Waals surface area contributed by atoms with Crippen LogP contribution in [-0.2, 0) is 11.3 Å². The average molecular weight is 210 g/mol. The predicted octanol–water partition coefficient (Wildman–Crippen LogP) is 1.12. The molecule has 1 heterocycles. The van der Waals surface area contributed by atoms with Gasteiger partial charge in [-0.1, -0.05) is 6.07 Å². The summed E-state index contributed by atoms with van der Waals surface area (Å²) in [6, 6.07) is 5.02. The van der Waals surface area contributed by atoms with E-state index >= 15 is 0 Å². The lowest BCUT2D eigenvalue weighted by atomic mass is 10.1. The molecule has 1 aromatic carbocycles. The SMILES string of the molecule is NCc1ccc(F)c(N2CCOCC2)c1. The maximum Gasteiger partial charge on any atom is 0.146 e. The summed E-state index contributed by atoms with van der Waals surface area (Å²) in [7, 11) is 0. The zero-order chi connectivity index (χ0) is 10.7. The van der Waals surface area contributed by atoms with Crippen molar-refractivity contribution in [2.45, 2.75) is 6.54 Å². The van der Waals surface area contributed by atoms with Crippen molar-refractivity contribution < 1.29 is 9.13 Å². The number of nitrogens with two attached hydrogens (primary N) is 1. The molecule has 0 saturated carbocycles. The van der Waals surface area contributed by atoms with E-state index < -0.39 is 0 Å². The van der Waals surface area contributed by atoms with E-state index in [1.165, 1.54) is 6.07 Å². The second kappa shape index (κ2) is 4.59. The van der Waals surface area contributed by atoms with Crippen LogP contribution in [0.3, 0.4) is 0 Å². The fraction of sp³-hybridized carbons (Fsp3) is 0.455. The molecule has 0 aliphatic carbocycles. The van der Waals surface area contributed by atoms with Crippen LogP contribution in [0.25, 0.3) is 0 Å². The molecule has 0 aromatic heterocycles. The number of benzene rings is 1.